The first-order valence-electron chi connectivity index (χ1n) is 11.8. The SMILES string of the molecule is CC(C)(CN1CCCCC1)Oc1ccc(-c2cnc3c(-c4cccc(SN)c4)cnn3c2)cc1. The summed E-state index contributed by atoms with van der Waals surface area (Å²) < 4.78 is 8.18. The second-order valence-corrected chi connectivity index (χ2v) is 10.2. The highest BCUT2D eigenvalue weighted by Gasteiger charge is 2.24. The van der Waals surface area contributed by atoms with Gasteiger partial charge in [-0.15, -0.1) is 0 Å². The summed E-state index contributed by atoms with van der Waals surface area (Å²) in [6, 6.07) is 16.4. The van der Waals surface area contributed by atoms with Gasteiger partial charge in [0.15, 0.2) is 5.65 Å². The molecule has 1 aliphatic rings. The van der Waals surface area contributed by atoms with Gasteiger partial charge in [-0.2, -0.15) is 5.10 Å². The van der Waals surface area contributed by atoms with Crippen molar-refractivity contribution in [2.45, 2.75) is 43.6 Å². The molecule has 7 heteroatoms. The molecule has 1 fully saturated rings. The Morgan fingerprint density at radius 3 is 2.53 bits per heavy atom. The van der Waals surface area contributed by atoms with Gasteiger partial charge in [-0.25, -0.2) is 9.50 Å². The van der Waals surface area contributed by atoms with Crippen molar-refractivity contribution in [2.24, 2.45) is 5.14 Å². The van der Waals surface area contributed by atoms with E-state index in [1.54, 1.807) is 0 Å². The zero-order chi connectivity index (χ0) is 23.5. The molecule has 0 aliphatic carbocycles. The molecule has 2 aromatic carbocycles. The maximum atomic E-state index is 6.35. The molecule has 5 rings (SSSR count). The van der Waals surface area contributed by atoms with Crippen LogP contribution in [0, 0.1) is 0 Å². The van der Waals surface area contributed by atoms with Crippen LogP contribution in [0.25, 0.3) is 27.9 Å². The number of rotatable bonds is 7. The summed E-state index contributed by atoms with van der Waals surface area (Å²) in [5.74, 6) is 0.888. The number of benzene rings is 2. The highest BCUT2D eigenvalue weighted by atomic mass is 32.2. The molecule has 0 saturated carbocycles. The average molecular weight is 474 g/mol. The van der Waals surface area contributed by atoms with Gasteiger partial charge in [0.1, 0.15) is 11.4 Å². The van der Waals surface area contributed by atoms with Gasteiger partial charge in [-0.3, -0.25) is 10.0 Å². The zero-order valence-corrected chi connectivity index (χ0v) is 20.6. The third-order valence-electron chi connectivity index (χ3n) is 6.27. The minimum absolute atomic E-state index is 0.232. The van der Waals surface area contributed by atoms with Gasteiger partial charge in [-0.05, 0) is 87.1 Å². The minimum atomic E-state index is -0.232. The van der Waals surface area contributed by atoms with Crippen molar-refractivity contribution in [3.05, 3.63) is 67.1 Å². The van der Waals surface area contributed by atoms with Gasteiger partial charge in [-0.1, -0.05) is 30.7 Å². The molecule has 6 nitrogen and oxygen atoms in total. The monoisotopic (exact) mass is 473 g/mol. The Bertz CT molecular complexity index is 1260. The fourth-order valence-corrected chi connectivity index (χ4v) is 5.04. The van der Waals surface area contributed by atoms with Crippen LogP contribution in [-0.4, -0.2) is 44.7 Å². The van der Waals surface area contributed by atoms with Crippen LogP contribution in [0.4, 0.5) is 0 Å². The van der Waals surface area contributed by atoms with Crippen LogP contribution >= 0.6 is 11.9 Å². The first kappa shape index (κ1) is 22.9. The lowest BCUT2D eigenvalue weighted by Gasteiger charge is -2.35. The Morgan fingerprint density at radius 2 is 1.76 bits per heavy atom. The first-order chi connectivity index (χ1) is 16.5. The van der Waals surface area contributed by atoms with Gasteiger partial charge >= 0.3 is 0 Å². The van der Waals surface area contributed by atoms with Crippen molar-refractivity contribution in [3.8, 4) is 28.0 Å². The van der Waals surface area contributed by atoms with E-state index in [9.17, 15) is 0 Å². The van der Waals surface area contributed by atoms with Crippen LogP contribution in [0.5, 0.6) is 5.75 Å². The maximum Gasteiger partial charge on any atom is 0.162 e. The van der Waals surface area contributed by atoms with Gasteiger partial charge in [0.2, 0.25) is 0 Å². The lowest BCUT2D eigenvalue weighted by molar-refractivity contribution is 0.0520. The maximum absolute atomic E-state index is 6.35. The topological polar surface area (TPSA) is 68.7 Å². The molecule has 176 valence electrons. The second-order valence-electron chi connectivity index (χ2n) is 9.54. The highest BCUT2D eigenvalue weighted by molar-refractivity contribution is 7.97. The molecule has 34 heavy (non-hydrogen) atoms. The predicted octanol–water partition coefficient (Wildman–Crippen LogP) is 5.67. The normalized spacial score (nSPS) is 15.0. The summed E-state index contributed by atoms with van der Waals surface area (Å²) in [6.45, 7) is 7.64. The Morgan fingerprint density at radius 1 is 0.971 bits per heavy atom. The fourth-order valence-electron chi connectivity index (χ4n) is 4.69. The summed E-state index contributed by atoms with van der Waals surface area (Å²) in [4.78, 5) is 8.25. The van der Waals surface area contributed by atoms with E-state index in [2.05, 4.69) is 48.1 Å². The fraction of sp³-hybridized carbons (Fsp3) is 0.333. The van der Waals surface area contributed by atoms with E-state index in [0.29, 0.717) is 0 Å². The number of nitrogens with zero attached hydrogens (tertiary/aromatic N) is 4. The Labute approximate surface area is 205 Å². The van der Waals surface area contributed by atoms with Crippen molar-refractivity contribution in [1.29, 1.82) is 0 Å². The zero-order valence-electron chi connectivity index (χ0n) is 19.8. The first-order valence-corrected chi connectivity index (χ1v) is 12.7. The predicted molar refractivity (Wildman–Crippen MR) is 139 cm³/mol. The molecule has 2 N–H and O–H groups in total. The highest BCUT2D eigenvalue weighted by Crippen LogP contribution is 2.29. The number of hydrogen-bond donors (Lipinski definition) is 1. The lowest BCUT2D eigenvalue weighted by atomic mass is 10.1. The molecule has 0 spiro atoms. The van der Waals surface area contributed by atoms with Gasteiger partial charge in [0, 0.05) is 35.0 Å². The number of aromatic nitrogens is 3. The third-order valence-corrected chi connectivity index (χ3v) is 6.80. The molecule has 0 amide bonds. The van der Waals surface area contributed by atoms with Crippen molar-refractivity contribution in [1.82, 2.24) is 19.5 Å². The summed E-state index contributed by atoms with van der Waals surface area (Å²) in [5, 5.41) is 10.3. The summed E-state index contributed by atoms with van der Waals surface area (Å²) in [6.07, 6.45) is 9.70. The molecule has 0 bridgehead atoms. The van der Waals surface area contributed by atoms with Crippen molar-refractivity contribution in [3.63, 3.8) is 0 Å². The van der Waals surface area contributed by atoms with E-state index >= 15 is 0 Å². The molecule has 1 saturated heterocycles. The van der Waals surface area contributed by atoms with Crippen LogP contribution in [-0.2, 0) is 0 Å². The number of ether oxygens (including phenoxy) is 1. The smallest absolute Gasteiger partial charge is 0.162 e. The Balaban J connectivity index is 1.32. The van der Waals surface area contributed by atoms with Crippen LogP contribution in [0.3, 0.4) is 0 Å². The van der Waals surface area contributed by atoms with E-state index in [1.807, 2.05) is 47.4 Å². The number of hydrogen-bond acceptors (Lipinski definition) is 6. The van der Waals surface area contributed by atoms with Crippen LogP contribution in [0.15, 0.2) is 72.0 Å². The summed E-state index contributed by atoms with van der Waals surface area (Å²) >= 11 is 1.24. The van der Waals surface area contributed by atoms with Crippen LogP contribution in [0.2, 0.25) is 0 Å². The number of piperidine rings is 1. The van der Waals surface area contributed by atoms with E-state index in [-0.39, 0.29) is 5.60 Å². The molecule has 0 atom stereocenters. The Kier molecular flexibility index (Phi) is 6.59. The quantitative estimate of drug-likeness (QED) is 0.349. The molecule has 0 radical (unpaired) electrons. The minimum Gasteiger partial charge on any atom is -0.487 e. The van der Waals surface area contributed by atoms with E-state index in [4.69, 9.17) is 14.9 Å². The van der Waals surface area contributed by atoms with E-state index < -0.39 is 0 Å². The molecular formula is C27H31N5OS. The standard InChI is InChI=1S/C27H31N5OS/c1-27(2,19-31-13-4-3-5-14-31)33-23-11-9-20(10-12-23)22-16-29-26-25(17-30-32(26)18-22)21-7-6-8-24(15-21)34-28/h6-12,15-18H,3-5,13-14,19,28H2,1-2H3. The van der Waals surface area contributed by atoms with E-state index in [0.717, 1.165) is 45.1 Å². The van der Waals surface area contributed by atoms with Crippen molar-refractivity contribution in [2.75, 3.05) is 19.6 Å². The van der Waals surface area contributed by atoms with Crippen molar-refractivity contribution < 1.29 is 4.74 Å². The molecular weight excluding hydrogens is 442 g/mol. The van der Waals surface area contributed by atoms with Gasteiger partial charge in [0.05, 0.1) is 6.20 Å². The molecule has 4 aromatic rings. The molecule has 0 unspecified atom stereocenters. The number of nitrogens with two attached hydrogens (primary N) is 1. The molecule has 1 aliphatic heterocycles. The largest absolute Gasteiger partial charge is 0.487 e. The summed E-state index contributed by atoms with van der Waals surface area (Å²) in [5.41, 5.74) is 4.72. The number of likely N-dealkylation sites (tertiary alicyclic amines) is 1. The average Bonchev–Trinajstić information content (AvgIpc) is 3.28. The van der Waals surface area contributed by atoms with Crippen LogP contribution in [0.1, 0.15) is 33.1 Å². The van der Waals surface area contributed by atoms with Crippen LogP contribution < -0.4 is 9.88 Å². The Hall–Kier alpha value is -2.87. The van der Waals surface area contributed by atoms with E-state index in [1.165, 1.54) is 44.3 Å². The van der Waals surface area contributed by atoms with Gasteiger partial charge in [0.25, 0.3) is 0 Å². The number of fused-ring (bicyclic) bond motifs is 1. The second kappa shape index (κ2) is 9.78. The lowest BCUT2D eigenvalue weighted by Crippen LogP contribution is -2.44. The molecule has 3 heterocycles. The third kappa shape index (κ3) is 5.12. The van der Waals surface area contributed by atoms with Crippen molar-refractivity contribution >= 4 is 17.6 Å². The van der Waals surface area contributed by atoms with Gasteiger partial charge < -0.3 is 4.74 Å². The summed E-state index contributed by atoms with van der Waals surface area (Å²) in [7, 11) is 0. The molecule has 2 aromatic heterocycles.